The molecule has 0 spiro atoms. The summed E-state index contributed by atoms with van der Waals surface area (Å²) in [4.78, 5) is 25.1. The van der Waals surface area contributed by atoms with Crippen LogP contribution in [0.4, 0.5) is 13.2 Å². The number of nitrogens with zero attached hydrogens (tertiary/aromatic N) is 1. The number of ether oxygens (including phenoxy) is 1. The van der Waals surface area contributed by atoms with Crippen molar-refractivity contribution < 1.29 is 27.4 Å². The fourth-order valence-electron chi connectivity index (χ4n) is 2.62. The summed E-state index contributed by atoms with van der Waals surface area (Å²) in [6, 6.07) is 0. The zero-order chi connectivity index (χ0) is 20.8. The molecule has 154 valence electrons. The van der Waals surface area contributed by atoms with Gasteiger partial charge in [0.1, 0.15) is 17.9 Å². The van der Waals surface area contributed by atoms with E-state index in [9.17, 15) is 27.9 Å². The summed E-state index contributed by atoms with van der Waals surface area (Å²) in [5.41, 5.74) is -4.00. The second-order valence-corrected chi connectivity index (χ2v) is 12.9. The first-order valence-corrected chi connectivity index (χ1v) is 11.4. The van der Waals surface area contributed by atoms with Crippen LogP contribution in [0.15, 0.2) is 15.8 Å². The van der Waals surface area contributed by atoms with Crippen LogP contribution in [-0.4, -0.2) is 41.8 Å². The number of aliphatic hydroxyl groups excluding tert-OH is 1. The average molecular weight is 410 g/mol. The Morgan fingerprint density at radius 3 is 2.41 bits per heavy atom. The van der Waals surface area contributed by atoms with Crippen molar-refractivity contribution in [3.8, 4) is 0 Å². The van der Waals surface area contributed by atoms with Crippen LogP contribution in [0.2, 0.25) is 18.1 Å². The van der Waals surface area contributed by atoms with Gasteiger partial charge in [0.15, 0.2) is 8.32 Å². The molecular formula is C16H25F3N2O5Si. The van der Waals surface area contributed by atoms with Gasteiger partial charge in [-0.2, -0.15) is 13.2 Å². The molecule has 2 rings (SSSR count). The molecule has 1 unspecified atom stereocenters. The van der Waals surface area contributed by atoms with Crippen LogP contribution in [0.5, 0.6) is 0 Å². The average Bonchev–Trinajstić information content (AvgIpc) is 2.86. The van der Waals surface area contributed by atoms with E-state index in [-0.39, 0.29) is 11.5 Å². The van der Waals surface area contributed by atoms with E-state index in [1.54, 1.807) is 4.98 Å². The summed E-state index contributed by atoms with van der Waals surface area (Å²) in [6.45, 7) is 9.69. The molecule has 2 N–H and O–H groups in total. The molecule has 7 nitrogen and oxygen atoms in total. The predicted octanol–water partition coefficient (Wildman–Crippen LogP) is 2.23. The molecule has 0 aliphatic carbocycles. The van der Waals surface area contributed by atoms with Gasteiger partial charge in [-0.1, -0.05) is 20.8 Å². The van der Waals surface area contributed by atoms with Crippen molar-refractivity contribution in [3.05, 3.63) is 32.6 Å². The van der Waals surface area contributed by atoms with E-state index in [4.69, 9.17) is 9.16 Å². The maximum atomic E-state index is 13.0. The number of nitrogens with one attached hydrogen (secondary N) is 1. The van der Waals surface area contributed by atoms with Crippen molar-refractivity contribution in [1.82, 2.24) is 9.55 Å². The zero-order valence-electron chi connectivity index (χ0n) is 15.9. The van der Waals surface area contributed by atoms with E-state index < -0.39 is 56.3 Å². The van der Waals surface area contributed by atoms with Gasteiger partial charge in [0.25, 0.3) is 5.56 Å². The van der Waals surface area contributed by atoms with Gasteiger partial charge in [-0.05, 0) is 18.1 Å². The minimum Gasteiger partial charge on any atom is -0.411 e. The third-order valence-corrected chi connectivity index (χ3v) is 9.70. The highest BCUT2D eigenvalue weighted by Gasteiger charge is 2.45. The fourth-order valence-corrected chi connectivity index (χ4v) is 3.97. The first-order chi connectivity index (χ1) is 12.2. The van der Waals surface area contributed by atoms with Gasteiger partial charge < -0.3 is 14.3 Å². The molecule has 1 aromatic rings. The number of alkyl halides is 3. The predicted molar refractivity (Wildman–Crippen MR) is 94.0 cm³/mol. The van der Waals surface area contributed by atoms with Crippen molar-refractivity contribution in [2.75, 3.05) is 6.61 Å². The molecule has 27 heavy (non-hydrogen) atoms. The van der Waals surface area contributed by atoms with Crippen LogP contribution >= 0.6 is 0 Å². The Morgan fingerprint density at radius 1 is 1.33 bits per heavy atom. The molecule has 3 atom stereocenters. The van der Waals surface area contributed by atoms with Gasteiger partial charge in [0.2, 0.25) is 0 Å². The van der Waals surface area contributed by atoms with E-state index in [0.29, 0.717) is 10.8 Å². The molecule has 1 aliphatic rings. The molecule has 0 amide bonds. The van der Waals surface area contributed by atoms with Crippen LogP contribution in [0.25, 0.3) is 0 Å². The minimum atomic E-state index is -4.91. The number of aromatic nitrogens is 2. The van der Waals surface area contributed by atoms with E-state index in [1.165, 1.54) is 0 Å². The van der Waals surface area contributed by atoms with Crippen LogP contribution in [0, 0.1) is 0 Å². The molecule has 0 radical (unpaired) electrons. The smallest absolute Gasteiger partial charge is 0.411 e. The topological polar surface area (TPSA) is 93.6 Å². The van der Waals surface area contributed by atoms with Gasteiger partial charge in [-0.25, -0.2) is 4.79 Å². The number of halogens is 3. The Bertz CT molecular complexity index is 797. The highest BCUT2D eigenvalue weighted by molar-refractivity contribution is 6.74. The zero-order valence-corrected chi connectivity index (χ0v) is 16.9. The van der Waals surface area contributed by atoms with Crippen LogP contribution in [-0.2, 0) is 15.3 Å². The maximum absolute atomic E-state index is 13.0. The first-order valence-electron chi connectivity index (χ1n) is 8.54. The minimum absolute atomic E-state index is 0.0843. The number of H-pyrrole nitrogens is 1. The highest BCUT2D eigenvalue weighted by Crippen LogP contribution is 2.41. The number of aliphatic hydroxyl groups is 1. The third-order valence-electron chi connectivity index (χ3n) is 5.20. The SMILES string of the molecule is CC(C)(C)[Si](C)(C)OC1C[C@@H](n2cc(C(F)(F)F)c(=O)[nH]c2=O)O[C@H]1CO. The van der Waals surface area contributed by atoms with Crippen molar-refractivity contribution in [1.29, 1.82) is 0 Å². The molecule has 1 aliphatic heterocycles. The quantitative estimate of drug-likeness (QED) is 0.743. The normalized spacial score (nSPS) is 24.4. The molecule has 0 saturated carbocycles. The molecule has 0 aromatic carbocycles. The lowest BCUT2D eigenvalue weighted by molar-refractivity contribution is -0.139. The van der Waals surface area contributed by atoms with Gasteiger partial charge in [0, 0.05) is 12.6 Å². The van der Waals surface area contributed by atoms with E-state index in [0.717, 1.165) is 0 Å². The van der Waals surface area contributed by atoms with Gasteiger partial charge in [-0.15, -0.1) is 0 Å². The number of hydrogen-bond acceptors (Lipinski definition) is 5. The summed E-state index contributed by atoms with van der Waals surface area (Å²) in [6.07, 6.45) is -6.81. The lowest BCUT2D eigenvalue weighted by Gasteiger charge is -2.39. The van der Waals surface area contributed by atoms with Crippen LogP contribution in [0.3, 0.4) is 0 Å². The lowest BCUT2D eigenvalue weighted by atomic mass is 10.2. The molecule has 0 bridgehead atoms. The van der Waals surface area contributed by atoms with E-state index >= 15 is 0 Å². The Morgan fingerprint density at radius 2 is 1.93 bits per heavy atom. The number of rotatable bonds is 4. The Balaban J connectivity index is 2.35. The van der Waals surface area contributed by atoms with Crippen molar-refractivity contribution in [2.24, 2.45) is 0 Å². The summed E-state index contributed by atoms with van der Waals surface area (Å²) in [5.74, 6) is 0. The van der Waals surface area contributed by atoms with E-state index in [2.05, 4.69) is 0 Å². The van der Waals surface area contributed by atoms with Crippen molar-refractivity contribution >= 4 is 8.32 Å². The van der Waals surface area contributed by atoms with Crippen LogP contribution in [0.1, 0.15) is 39.0 Å². The number of hydrogen-bond donors (Lipinski definition) is 2. The molecular weight excluding hydrogens is 385 g/mol. The third kappa shape index (κ3) is 4.53. The fraction of sp³-hybridized carbons (Fsp3) is 0.750. The Hall–Kier alpha value is -1.43. The van der Waals surface area contributed by atoms with Crippen molar-refractivity contribution in [2.45, 2.75) is 69.9 Å². The summed E-state index contributed by atoms with van der Waals surface area (Å²) in [7, 11) is -2.24. The molecule has 11 heteroatoms. The number of aromatic amines is 1. The van der Waals surface area contributed by atoms with Crippen molar-refractivity contribution in [3.63, 3.8) is 0 Å². The van der Waals surface area contributed by atoms with Gasteiger partial charge in [0.05, 0.1) is 12.7 Å². The molecule has 1 aromatic heterocycles. The Labute approximate surface area is 155 Å². The maximum Gasteiger partial charge on any atom is 0.423 e. The molecule has 1 fully saturated rings. The molecule has 1 saturated heterocycles. The monoisotopic (exact) mass is 410 g/mol. The molecule has 2 heterocycles. The Kier molecular flexibility index (Phi) is 5.82. The van der Waals surface area contributed by atoms with E-state index in [1.807, 2.05) is 33.9 Å². The second kappa shape index (κ2) is 7.19. The van der Waals surface area contributed by atoms with Gasteiger partial charge in [-0.3, -0.25) is 14.3 Å². The summed E-state index contributed by atoms with van der Waals surface area (Å²) < 4.78 is 51.5. The largest absolute Gasteiger partial charge is 0.423 e. The van der Waals surface area contributed by atoms with Gasteiger partial charge >= 0.3 is 11.9 Å². The standard InChI is InChI=1S/C16H25F3N2O5Si/c1-15(2,3)27(4,5)26-10-6-12(25-11(10)8-22)21-7-9(16(17,18)19)13(23)20-14(21)24/h7,10-12,22H,6,8H2,1-5H3,(H,20,23,24)/t10?,11-,12-/m0/s1. The van der Waals surface area contributed by atoms with Crippen LogP contribution < -0.4 is 11.2 Å². The highest BCUT2D eigenvalue weighted by atomic mass is 28.4. The summed E-state index contributed by atoms with van der Waals surface area (Å²) in [5, 5.41) is 9.46. The lowest BCUT2D eigenvalue weighted by Crippen LogP contribution is -2.46. The first kappa shape index (κ1) is 21.9. The summed E-state index contributed by atoms with van der Waals surface area (Å²) >= 11 is 0. The second-order valence-electron chi connectivity index (χ2n) is 8.17.